The van der Waals surface area contributed by atoms with E-state index >= 15 is 0 Å². The average Bonchev–Trinajstić information content (AvgIpc) is 3.32. The Bertz CT molecular complexity index is 1100. The molecule has 0 spiro atoms. The number of rotatable bonds is 6. The highest BCUT2D eigenvalue weighted by molar-refractivity contribution is 5.77. The van der Waals surface area contributed by atoms with Crippen LogP contribution in [0.4, 0.5) is 23.4 Å². The van der Waals surface area contributed by atoms with Crippen molar-refractivity contribution in [3.63, 3.8) is 0 Å². The van der Waals surface area contributed by atoms with Crippen molar-refractivity contribution in [1.29, 1.82) is 0 Å². The second kappa shape index (κ2) is 9.55. The standard InChI is InChI=1S/C22H22F4N6O/c23-17-10-15(9-16(11-17)22(24,25)26)13-29-20(33)12-18-3-1-2-7-32(18)19-4-5-28-21(30-19)31-8-6-27-14-31/h4-6,8-11,14,18H,1-3,7,12-13H2,(H,29,33). The zero-order valence-electron chi connectivity index (χ0n) is 17.6. The summed E-state index contributed by atoms with van der Waals surface area (Å²) in [6, 6.07) is 3.92. The molecule has 0 bridgehead atoms. The van der Waals surface area contributed by atoms with Crippen LogP contribution >= 0.6 is 0 Å². The minimum absolute atomic E-state index is 0.0527. The first-order chi connectivity index (χ1) is 15.8. The summed E-state index contributed by atoms with van der Waals surface area (Å²) in [5.41, 5.74) is -1.03. The summed E-state index contributed by atoms with van der Waals surface area (Å²) in [5, 5.41) is 2.61. The predicted octanol–water partition coefficient (Wildman–Crippen LogP) is 3.89. The minimum Gasteiger partial charge on any atom is -0.353 e. The molecule has 11 heteroatoms. The smallest absolute Gasteiger partial charge is 0.353 e. The van der Waals surface area contributed by atoms with Crippen molar-refractivity contribution in [2.24, 2.45) is 0 Å². The monoisotopic (exact) mass is 462 g/mol. The number of nitrogens with zero attached hydrogens (tertiary/aromatic N) is 5. The van der Waals surface area contributed by atoms with Crippen LogP contribution in [0.1, 0.15) is 36.8 Å². The molecule has 0 saturated carbocycles. The van der Waals surface area contributed by atoms with Crippen LogP contribution in [0.2, 0.25) is 0 Å². The lowest BCUT2D eigenvalue weighted by molar-refractivity contribution is -0.137. The van der Waals surface area contributed by atoms with Crippen LogP contribution in [0.25, 0.3) is 5.95 Å². The summed E-state index contributed by atoms with van der Waals surface area (Å²) >= 11 is 0. The van der Waals surface area contributed by atoms with Gasteiger partial charge >= 0.3 is 6.18 Å². The van der Waals surface area contributed by atoms with Crippen LogP contribution in [-0.4, -0.2) is 38.0 Å². The maximum atomic E-state index is 13.6. The number of hydrogen-bond donors (Lipinski definition) is 1. The molecule has 0 aliphatic carbocycles. The lowest BCUT2D eigenvalue weighted by atomic mass is 9.99. The van der Waals surface area contributed by atoms with E-state index in [4.69, 9.17) is 0 Å². The third-order valence-corrected chi connectivity index (χ3v) is 5.48. The summed E-state index contributed by atoms with van der Waals surface area (Å²) in [6.07, 6.45) is 4.76. The maximum absolute atomic E-state index is 13.6. The number of imidazole rings is 1. The number of hydrogen-bond acceptors (Lipinski definition) is 5. The van der Waals surface area contributed by atoms with E-state index in [0.717, 1.165) is 37.9 Å². The molecule has 4 rings (SSSR count). The van der Waals surface area contributed by atoms with Gasteiger partial charge in [0.05, 0.1) is 5.56 Å². The van der Waals surface area contributed by atoms with Gasteiger partial charge in [0.15, 0.2) is 0 Å². The van der Waals surface area contributed by atoms with Gasteiger partial charge in [-0.2, -0.15) is 18.2 Å². The normalized spacial score (nSPS) is 16.6. The van der Waals surface area contributed by atoms with Crippen molar-refractivity contribution in [3.8, 4) is 5.95 Å². The Labute approximate surface area is 187 Å². The molecule has 1 saturated heterocycles. The van der Waals surface area contributed by atoms with Crippen LogP contribution in [0.5, 0.6) is 0 Å². The van der Waals surface area contributed by atoms with Crippen molar-refractivity contribution in [1.82, 2.24) is 24.8 Å². The highest BCUT2D eigenvalue weighted by Crippen LogP contribution is 2.30. The summed E-state index contributed by atoms with van der Waals surface area (Å²) in [4.78, 5) is 27.5. The largest absolute Gasteiger partial charge is 0.416 e. The summed E-state index contributed by atoms with van der Waals surface area (Å²) in [5.74, 6) is -0.171. The molecule has 1 amide bonds. The molecular formula is C22H22F4N6O. The van der Waals surface area contributed by atoms with E-state index in [1.54, 1.807) is 35.6 Å². The second-order valence-corrected chi connectivity index (χ2v) is 7.85. The molecular weight excluding hydrogens is 440 g/mol. The lowest BCUT2D eigenvalue weighted by Crippen LogP contribution is -2.43. The zero-order chi connectivity index (χ0) is 23.4. The average molecular weight is 462 g/mol. The molecule has 7 nitrogen and oxygen atoms in total. The van der Waals surface area contributed by atoms with E-state index in [-0.39, 0.29) is 30.5 Å². The number of piperidine rings is 1. The van der Waals surface area contributed by atoms with Crippen molar-refractivity contribution in [2.75, 3.05) is 11.4 Å². The van der Waals surface area contributed by atoms with Gasteiger partial charge < -0.3 is 10.2 Å². The third kappa shape index (κ3) is 5.65. The molecule has 0 radical (unpaired) electrons. The van der Waals surface area contributed by atoms with Crippen molar-refractivity contribution in [3.05, 3.63) is 66.1 Å². The molecule has 1 fully saturated rings. The number of alkyl halides is 3. The Morgan fingerprint density at radius 2 is 2.03 bits per heavy atom. The Morgan fingerprint density at radius 3 is 2.79 bits per heavy atom. The van der Waals surface area contributed by atoms with Gasteiger partial charge in [-0.25, -0.2) is 14.4 Å². The fourth-order valence-electron chi connectivity index (χ4n) is 3.92. The van der Waals surface area contributed by atoms with Gasteiger partial charge in [0, 0.05) is 44.1 Å². The van der Waals surface area contributed by atoms with Crippen molar-refractivity contribution < 1.29 is 22.4 Å². The van der Waals surface area contributed by atoms with E-state index in [2.05, 4.69) is 25.2 Å². The fraction of sp³-hybridized carbons (Fsp3) is 0.364. The van der Waals surface area contributed by atoms with Crippen molar-refractivity contribution >= 4 is 11.7 Å². The number of halogens is 4. The topological polar surface area (TPSA) is 75.9 Å². The highest BCUT2D eigenvalue weighted by Gasteiger charge is 2.31. The van der Waals surface area contributed by atoms with Crippen LogP contribution in [-0.2, 0) is 17.5 Å². The number of aromatic nitrogens is 4. The fourth-order valence-corrected chi connectivity index (χ4v) is 3.92. The molecule has 174 valence electrons. The van der Waals surface area contributed by atoms with Crippen LogP contribution in [0.3, 0.4) is 0 Å². The number of carbonyl (C=O) groups is 1. The molecule has 1 N–H and O–H groups in total. The molecule has 33 heavy (non-hydrogen) atoms. The van der Waals surface area contributed by atoms with Crippen LogP contribution < -0.4 is 10.2 Å². The lowest BCUT2D eigenvalue weighted by Gasteiger charge is -2.36. The number of amides is 1. The first-order valence-corrected chi connectivity index (χ1v) is 10.5. The van der Waals surface area contributed by atoms with Gasteiger partial charge in [0.25, 0.3) is 0 Å². The van der Waals surface area contributed by atoms with E-state index < -0.39 is 17.6 Å². The summed E-state index contributed by atoms with van der Waals surface area (Å²) in [6.45, 7) is 0.530. The second-order valence-electron chi connectivity index (χ2n) is 7.85. The maximum Gasteiger partial charge on any atom is 0.416 e. The van der Waals surface area contributed by atoms with Crippen LogP contribution in [0.15, 0.2) is 49.2 Å². The quantitative estimate of drug-likeness (QED) is 0.563. The van der Waals surface area contributed by atoms with Gasteiger partial charge in [0.2, 0.25) is 11.9 Å². The molecule has 1 aromatic carbocycles. The Hall–Kier alpha value is -3.50. The summed E-state index contributed by atoms with van der Waals surface area (Å²) in [7, 11) is 0. The molecule has 1 unspecified atom stereocenters. The highest BCUT2D eigenvalue weighted by atomic mass is 19.4. The minimum atomic E-state index is -4.66. The Balaban J connectivity index is 1.42. The molecule has 1 atom stereocenters. The van der Waals surface area contributed by atoms with E-state index in [0.29, 0.717) is 17.8 Å². The first-order valence-electron chi connectivity index (χ1n) is 10.5. The van der Waals surface area contributed by atoms with Gasteiger partial charge in [-0.05, 0) is 49.1 Å². The van der Waals surface area contributed by atoms with E-state index in [1.807, 2.05) is 0 Å². The number of carbonyl (C=O) groups excluding carboxylic acids is 1. The van der Waals surface area contributed by atoms with Crippen LogP contribution in [0, 0.1) is 5.82 Å². The van der Waals surface area contributed by atoms with Gasteiger partial charge in [0.1, 0.15) is 18.0 Å². The molecule has 1 aliphatic heterocycles. The third-order valence-electron chi connectivity index (χ3n) is 5.48. The number of anilines is 1. The van der Waals surface area contributed by atoms with Crippen molar-refractivity contribution in [2.45, 2.75) is 44.4 Å². The van der Waals surface area contributed by atoms with E-state index in [1.165, 1.54) is 0 Å². The van der Waals surface area contributed by atoms with E-state index in [9.17, 15) is 22.4 Å². The van der Waals surface area contributed by atoms with Gasteiger partial charge in [-0.1, -0.05) is 0 Å². The summed E-state index contributed by atoms with van der Waals surface area (Å²) < 4.78 is 54.0. The molecule has 3 aromatic rings. The Kier molecular flexibility index (Phi) is 6.57. The van der Waals surface area contributed by atoms with Gasteiger partial charge in [-0.3, -0.25) is 9.36 Å². The van der Waals surface area contributed by atoms with Gasteiger partial charge in [-0.15, -0.1) is 0 Å². The first kappa shape index (κ1) is 22.7. The number of benzene rings is 1. The molecule has 2 aromatic heterocycles. The number of nitrogens with one attached hydrogen (secondary N) is 1. The zero-order valence-corrected chi connectivity index (χ0v) is 17.6. The molecule has 3 heterocycles. The molecule has 1 aliphatic rings. The Morgan fingerprint density at radius 1 is 1.18 bits per heavy atom. The SMILES string of the molecule is O=C(CC1CCCCN1c1ccnc(-n2ccnc2)n1)NCc1cc(F)cc(C(F)(F)F)c1. The predicted molar refractivity (Wildman–Crippen MR) is 112 cm³/mol.